The van der Waals surface area contributed by atoms with E-state index in [4.69, 9.17) is 4.74 Å². The number of hydrogen-bond acceptors (Lipinski definition) is 5. The number of carbonyl (C=O) groups excluding carboxylic acids is 1. The highest BCUT2D eigenvalue weighted by Gasteiger charge is 2.37. The first kappa shape index (κ1) is 20.0. The number of esters is 1. The van der Waals surface area contributed by atoms with Gasteiger partial charge in [0.1, 0.15) is 0 Å². The minimum atomic E-state index is -3.08. The molecule has 0 aromatic rings. The molecule has 0 aromatic carbocycles. The van der Waals surface area contributed by atoms with Gasteiger partial charge in [0, 0.05) is 39.8 Å². The molecule has 0 spiro atoms. The van der Waals surface area contributed by atoms with Crippen LogP contribution in [0.2, 0.25) is 0 Å². The van der Waals surface area contributed by atoms with Crippen molar-refractivity contribution < 1.29 is 17.9 Å². The van der Waals surface area contributed by atoms with Gasteiger partial charge in [0.15, 0.2) is 5.96 Å². The fraction of sp³-hybridized carbons (Fsp3) is 0.875. The topological polar surface area (TPSA) is 91.3 Å². The molecule has 0 aromatic heterocycles. The average molecular weight is 375 g/mol. The SMILES string of the molecule is CN=C(NCC1CCN(S(C)(=O)=O)CC1)N1CC(C)C(C(=O)OC)C1. The summed E-state index contributed by atoms with van der Waals surface area (Å²) in [6.45, 7) is 5.35. The van der Waals surface area contributed by atoms with Crippen molar-refractivity contribution in [3.8, 4) is 0 Å². The van der Waals surface area contributed by atoms with Crippen LogP contribution in [0.15, 0.2) is 4.99 Å². The van der Waals surface area contributed by atoms with Crippen molar-refractivity contribution in [3.63, 3.8) is 0 Å². The molecule has 0 bridgehead atoms. The molecule has 9 heteroatoms. The fourth-order valence-corrected chi connectivity index (χ4v) is 4.48. The molecule has 2 aliphatic heterocycles. The van der Waals surface area contributed by atoms with Crippen LogP contribution in [0.4, 0.5) is 0 Å². The van der Waals surface area contributed by atoms with Gasteiger partial charge in [0.2, 0.25) is 10.0 Å². The van der Waals surface area contributed by atoms with E-state index in [1.165, 1.54) is 13.4 Å². The Kier molecular flexibility index (Phi) is 6.67. The molecule has 144 valence electrons. The summed E-state index contributed by atoms with van der Waals surface area (Å²) in [5.41, 5.74) is 0. The van der Waals surface area contributed by atoms with E-state index in [1.54, 1.807) is 11.4 Å². The Morgan fingerprint density at radius 3 is 2.44 bits per heavy atom. The molecule has 0 amide bonds. The lowest BCUT2D eigenvalue weighted by Crippen LogP contribution is -2.45. The Morgan fingerprint density at radius 1 is 1.28 bits per heavy atom. The lowest BCUT2D eigenvalue weighted by molar-refractivity contribution is -0.145. The highest BCUT2D eigenvalue weighted by molar-refractivity contribution is 7.88. The second kappa shape index (κ2) is 8.35. The van der Waals surface area contributed by atoms with Crippen molar-refractivity contribution in [3.05, 3.63) is 0 Å². The molecule has 0 saturated carbocycles. The van der Waals surface area contributed by atoms with Gasteiger partial charge in [-0.05, 0) is 24.7 Å². The van der Waals surface area contributed by atoms with Crippen molar-refractivity contribution in [1.29, 1.82) is 0 Å². The smallest absolute Gasteiger partial charge is 0.310 e. The summed E-state index contributed by atoms with van der Waals surface area (Å²) in [5, 5.41) is 3.39. The van der Waals surface area contributed by atoms with E-state index in [-0.39, 0.29) is 17.8 Å². The lowest BCUT2D eigenvalue weighted by Gasteiger charge is -2.31. The molecule has 2 atom stereocenters. The fourth-order valence-electron chi connectivity index (χ4n) is 3.61. The van der Waals surface area contributed by atoms with Crippen LogP contribution < -0.4 is 5.32 Å². The van der Waals surface area contributed by atoms with Crippen molar-refractivity contribution in [2.24, 2.45) is 22.7 Å². The van der Waals surface area contributed by atoms with Crippen molar-refractivity contribution in [2.45, 2.75) is 19.8 Å². The van der Waals surface area contributed by atoms with Gasteiger partial charge >= 0.3 is 5.97 Å². The number of piperidine rings is 1. The van der Waals surface area contributed by atoms with E-state index in [1.807, 2.05) is 0 Å². The van der Waals surface area contributed by atoms with Gasteiger partial charge in [-0.3, -0.25) is 9.79 Å². The Bertz CT molecular complexity index is 599. The van der Waals surface area contributed by atoms with Gasteiger partial charge < -0.3 is 15.0 Å². The predicted molar refractivity (Wildman–Crippen MR) is 96.7 cm³/mol. The van der Waals surface area contributed by atoms with Crippen LogP contribution in [-0.2, 0) is 19.6 Å². The van der Waals surface area contributed by atoms with E-state index in [0.29, 0.717) is 25.6 Å². The number of methoxy groups -OCH3 is 1. The number of likely N-dealkylation sites (tertiary alicyclic amines) is 1. The minimum absolute atomic E-state index is 0.124. The molecule has 2 aliphatic rings. The normalized spacial score (nSPS) is 26.7. The molecule has 2 saturated heterocycles. The third-order valence-corrected chi connectivity index (χ3v) is 6.52. The monoisotopic (exact) mass is 374 g/mol. The van der Waals surface area contributed by atoms with E-state index in [9.17, 15) is 13.2 Å². The number of aliphatic imine (C=N–C) groups is 1. The number of hydrogen-bond donors (Lipinski definition) is 1. The molecule has 1 N–H and O–H groups in total. The summed E-state index contributed by atoms with van der Waals surface area (Å²) < 4.78 is 29.6. The molecular weight excluding hydrogens is 344 g/mol. The lowest BCUT2D eigenvalue weighted by atomic mass is 9.98. The van der Waals surface area contributed by atoms with Gasteiger partial charge in [-0.15, -0.1) is 0 Å². The molecule has 25 heavy (non-hydrogen) atoms. The maximum atomic E-state index is 11.8. The third-order valence-electron chi connectivity index (χ3n) is 5.22. The van der Waals surface area contributed by atoms with Crippen LogP contribution in [-0.4, -0.2) is 82.7 Å². The van der Waals surface area contributed by atoms with Crippen LogP contribution in [0.25, 0.3) is 0 Å². The molecule has 2 heterocycles. The highest BCUT2D eigenvalue weighted by atomic mass is 32.2. The molecule has 8 nitrogen and oxygen atoms in total. The highest BCUT2D eigenvalue weighted by Crippen LogP contribution is 2.24. The van der Waals surface area contributed by atoms with Gasteiger partial charge in [-0.1, -0.05) is 6.92 Å². The largest absolute Gasteiger partial charge is 0.469 e. The molecule has 2 rings (SSSR count). The van der Waals surface area contributed by atoms with Crippen LogP contribution >= 0.6 is 0 Å². The summed E-state index contributed by atoms with van der Waals surface area (Å²) >= 11 is 0. The second-order valence-corrected chi connectivity index (χ2v) is 9.03. The molecular formula is C16H30N4O4S. The number of rotatable bonds is 4. The summed E-state index contributed by atoms with van der Waals surface area (Å²) in [6, 6.07) is 0. The maximum absolute atomic E-state index is 11.8. The van der Waals surface area contributed by atoms with E-state index >= 15 is 0 Å². The van der Waals surface area contributed by atoms with Crippen molar-refractivity contribution in [1.82, 2.24) is 14.5 Å². The van der Waals surface area contributed by atoms with Crippen LogP contribution in [0, 0.1) is 17.8 Å². The zero-order valence-electron chi connectivity index (χ0n) is 15.6. The van der Waals surface area contributed by atoms with E-state index in [0.717, 1.165) is 31.9 Å². The van der Waals surface area contributed by atoms with Crippen molar-refractivity contribution >= 4 is 22.0 Å². The molecule has 0 aliphatic carbocycles. The molecule has 2 fully saturated rings. The standard InChI is InChI=1S/C16H30N4O4S/c1-12-10-19(11-14(12)15(21)24-3)16(17-2)18-9-13-5-7-20(8-6-13)25(4,22)23/h12-14H,5-11H2,1-4H3,(H,17,18). The Hall–Kier alpha value is -1.35. The van der Waals surface area contributed by atoms with Gasteiger partial charge in [0.05, 0.1) is 19.3 Å². The van der Waals surface area contributed by atoms with Gasteiger partial charge in [-0.2, -0.15) is 0 Å². The number of sulfonamides is 1. The molecule has 2 unspecified atom stereocenters. The number of guanidine groups is 1. The maximum Gasteiger partial charge on any atom is 0.310 e. The summed E-state index contributed by atoms with van der Waals surface area (Å²) in [7, 11) is 0.0809. The van der Waals surface area contributed by atoms with E-state index in [2.05, 4.69) is 22.1 Å². The zero-order chi connectivity index (χ0) is 18.6. The van der Waals surface area contributed by atoms with Crippen LogP contribution in [0.5, 0.6) is 0 Å². The summed E-state index contributed by atoms with van der Waals surface area (Å²) in [6.07, 6.45) is 2.95. The number of ether oxygens (including phenoxy) is 1. The first-order valence-corrected chi connectivity index (χ1v) is 10.6. The third kappa shape index (κ3) is 5.07. The summed E-state index contributed by atoms with van der Waals surface area (Å²) in [5.74, 6) is 1.15. The molecule has 0 radical (unpaired) electrons. The quantitative estimate of drug-likeness (QED) is 0.422. The Labute approximate surface area is 150 Å². The van der Waals surface area contributed by atoms with Crippen LogP contribution in [0.3, 0.4) is 0 Å². The number of nitrogens with one attached hydrogen (secondary N) is 1. The van der Waals surface area contributed by atoms with Gasteiger partial charge in [-0.25, -0.2) is 12.7 Å². The van der Waals surface area contributed by atoms with E-state index < -0.39 is 10.0 Å². The number of carbonyl (C=O) groups is 1. The zero-order valence-corrected chi connectivity index (χ0v) is 16.4. The predicted octanol–water partition coefficient (Wildman–Crippen LogP) is -0.0257. The van der Waals surface area contributed by atoms with Crippen molar-refractivity contribution in [2.75, 3.05) is 53.1 Å². The Morgan fingerprint density at radius 2 is 1.92 bits per heavy atom. The van der Waals surface area contributed by atoms with Crippen LogP contribution in [0.1, 0.15) is 19.8 Å². The Balaban J connectivity index is 1.83. The van der Waals surface area contributed by atoms with Gasteiger partial charge in [0.25, 0.3) is 0 Å². The summed E-state index contributed by atoms with van der Waals surface area (Å²) in [4.78, 5) is 18.3. The second-order valence-electron chi connectivity index (χ2n) is 7.05. The number of nitrogens with zero attached hydrogens (tertiary/aromatic N) is 3. The first-order valence-electron chi connectivity index (χ1n) is 8.74. The first-order chi connectivity index (χ1) is 11.8. The average Bonchev–Trinajstić information content (AvgIpc) is 2.96. The minimum Gasteiger partial charge on any atom is -0.469 e.